The zero-order chi connectivity index (χ0) is 16.8. The number of hydrogen-bond acceptors (Lipinski definition) is 4. The van der Waals surface area contributed by atoms with Crippen molar-refractivity contribution in [3.63, 3.8) is 0 Å². The molecule has 1 heterocycles. The number of phenolic OH excluding ortho intramolecular Hbond substituents is 1. The van der Waals surface area contributed by atoms with E-state index >= 15 is 0 Å². The first-order valence-electron chi connectivity index (χ1n) is 7.02. The van der Waals surface area contributed by atoms with Gasteiger partial charge in [0.15, 0.2) is 0 Å². The van der Waals surface area contributed by atoms with Gasteiger partial charge in [0.25, 0.3) is 5.56 Å². The highest BCUT2D eigenvalue weighted by molar-refractivity contribution is 6.30. The largest absolute Gasteiger partial charge is 0.508 e. The van der Waals surface area contributed by atoms with E-state index in [9.17, 15) is 15.0 Å². The molecule has 0 spiro atoms. The maximum Gasteiger partial charge on any atom is 0.266 e. The molecule has 0 saturated carbocycles. The molecule has 1 aromatic heterocycles. The SMILES string of the molecule is CC(C)(O)c1nc2cc(O)ccc2c(=O)n1-c1ccc(Cl)cc1. The molecule has 0 aliphatic rings. The van der Waals surface area contributed by atoms with E-state index in [0.717, 1.165) is 0 Å². The third-order valence-corrected chi connectivity index (χ3v) is 3.74. The summed E-state index contributed by atoms with van der Waals surface area (Å²) in [6, 6.07) is 11.1. The summed E-state index contributed by atoms with van der Waals surface area (Å²) in [5.74, 6) is 0.193. The number of nitrogens with zero attached hydrogens (tertiary/aromatic N) is 2. The molecule has 0 saturated heterocycles. The quantitative estimate of drug-likeness (QED) is 0.757. The molecule has 0 unspecified atom stereocenters. The van der Waals surface area contributed by atoms with Gasteiger partial charge >= 0.3 is 0 Å². The first-order chi connectivity index (χ1) is 10.8. The van der Waals surface area contributed by atoms with Crippen LogP contribution in [0, 0.1) is 0 Å². The minimum absolute atomic E-state index is 0.00957. The van der Waals surface area contributed by atoms with Crippen molar-refractivity contribution in [1.82, 2.24) is 9.55 Å². The molecule has 0 radical (unpaired) electrons. The van der Waals surface area contributed by atoms with Crippen LogP contribution in [0.3, 0.4) is 0 Å². The van der Waals surface area contributed by atoms with Crippen molar-refractivity contribution < 1.29 is 10.2 Å². The number of phenols is 1. The second-order valence-electron chi connectivity index (χ2n) is 5.81. The normalized spacial score (nSPS) is 11.8. The number of aliphatic hydroxyl groups is 1. The van der Waals surface area contributed by atoms with Crippen molar-refractivity contribution >= 4 is 22.5 Å². The number of fused-ring (bicyclic) bond motifs is 1. The lowest BCUT2D eigenvalue weighted by molar-refractivity contribution is 0.0661. The lowest BCUT2D eigenvalue weighted by Gasteiger charge is -2.22. The van der Waals surface area contributed by atoms with Gasteiger partial charge in [0, 0.05) is 11.1 Å². The number of hydrogen-bond donors (Lipinski definition) is 2. The second-order valence-corrected chi connectivity index (χ2v) is 6.25. The molecule has 6 heteroatoms. The minimum Gasteiger partial charge on any atom is -0.508 e. The molecule has 0 atom stereocenters. The first kappa shape index (κ1) is 15.5. The fourth-order valence-electron chi connectivity index (χ4n) is 2.41. The first-order valence-corrected chi connectivity index (χ1v) is 7.40. The summed E-state index contributed by atoms with van der Waals surface area (Å²) in [7, 11) is 0. The predicted molar refractivity (Wildman–Crippen MR) is 89.3 cm³/mol. The Hall–Kier alpha value is -2.37. The van der Waals surface area contributed by atoms with Crippen molar-refractivity contribution in [1.29, 1.82) is 0 Å². The van der Waals surface area contributed by atoms with Crippen molar-refractivity contribution in [3.05, 3.63) is 63.7 Å². The Kier molecular flexibility index (Phi) is 3.62. The number of halogens is 1. The zero-order valence-corrected chi connectivity index (χ0v) is 13.4. The summed E-state index contributed by atoms with van der Waals surface area (Å²) in [4.78, 5) is 17.3. The summed E-state index contributed by atoms with van der Waals surface area (Å²) in [5, 5.41) is 20.9. The zero-order valence-electron chi connectivity index (χ0n) is 12.6. The predicted octanol–water partition coefficient (Wildman–Crippen LogP) is 2.97. The van der Waals surface area contributed by atoms with Crippen LogP contribution in [0.1, 0.15) is 19.7 Å². The number of aromatic nitrogens is 2. The number of aromatic hydroxyl groups is 1. The molecule has 0 bridgehead atoms. The molecule has 23 heavy (non-hydrogen) atoms. The molecule has 0 amide bonds. The molecule has 2 aromatic carbocycles. The van der Waals surface area contributed by atoms with Gasteiger partial charge in [-0.25, -0.2) is 4.98 Å². The molecule has 118 valence electrons. The third kappa shape index (κ3) is 2.81. The number of benzene rings is 2. The van der Waals surface area contributed by atoms with E-state index in [0.29, 0.717) is 21.6 Å². The van der Waals surface area contributed by atoms with Gasteiger partial charge in [-0.1, -0.05) is 11.6 Å². The highest BCUT2D eigenvalue weighted by Crippen LogP contribution is 2.24. The maximum atomic E-state index is 12.9. The topological polar surface area (TPSA) is 75.4 Å². The summed E-state index contributed by atoms with van der Waals surface area (Å²) in [6.45, 7) is 3.10. The van der Waals surface area contributed by atoms with Gasteiger partial charge in [0.1, 0.15) is 17.2 Å². The lowest BCUT2D eigenvalue weighted by atomic mass is 10.1. The molecule has 0 aliphatic heterocycles. The van der Waals surface area contributed by atoms with Crippen LogP contribution in [0.25, 0.3) is 16.6 Å². The maximum absolute atomic E-state index is 12.9. The van der Waals surface area contributed by atoms with Crippen molar-refractivity contribution in [3.8, 4) is 11.4 Å². The van der Waals surface area contributed by atoms with Crippen LogP contribution in [0.15, 0.2) is 47.3 Å². The summed E-state index contributed by atoms with van der Waals surface area (Å²) < 4.78 is 1.36. The average Bonchev–Trinajstić information content (AvgIpc) is 2.47. The second kappa shape index (κ2) is 5.37. The van der Waals surface area contributed by atoms with Crippen LogP contribution in [-0.4, -0.2) is 19.8 Å². The van der Waals surface area contributed by atoms with Crippen LogP contribution >= 0.6 is 11.6 Å². The monoisotopic (exact) mass is 330 g/mol. The van der Waals surface area contributed by atoms with Crippen LogP contribution in [0.2, 0.25) is 5.02 Å². The lowest BCUT2D eigenvalue weighted by Crippen LogP contribution is -2.32. The average molecular weight is 331 g/mol. The molecular formula is C17H15ClN2O3. The van der Waals surface area contributed by atoms with E-state index in [4.69, 9.17) is 11.6 Å². The Labute approximate surface area is 137 Å². The van der Waals surface area contributed by atoms with Crippen LogP contribution < -0.4 is 5.56 Å². The van der Waals surface area contributed by atoms with E-state index in [1.54, 1.807) is 38.1 Å². The summed E-state index contributed by atoms with van der Waals surface area (Å²) >= 11 is 5.90. The Morgan fingerprint density at radius 1 is 1.13 bits per heavy atom. The minimum atomic E-state index is -1.35. The van der Waals surface area contributed by atoms with Crippen LogP contribution in [-0.2, 0) is 5.60 Å². The van der Waals surface area contributed by atoms with E-state index in [1.165, 1.54) is 22.8 Å². The highest BCUT2D eigenvalue weighted by atomic mass is 35.5. The highest BCUT2D eigenvalue weighted by Gasteiger charge is 2.25. The Balaban J connectivity index is 2.43. The fourth-order valence-corrected chi connectivity index (χ4v) is 2.54. The number of rotatable bonds is 2. The fraction of sp³-hybridized carbons (Fsp3) is 0.176. The van der Waals surface area contributed by atoms with Gasteiger partial charge in [0.05, 0.1) is 16.6 Å². The van der Waals surface area contributed by atoms with Gasteiger partial charge in [-0.2, -0.15) is 0 Å². The van der Waals surface area contributed by atoms with Crippen molar-refractivity contribution in [2.24, 2.45) is 0 Å². The van der Waals surface area contributed by atoms with Crippen LogP contribution in [0.5, 0.6) is 5.75 Å². The van der Waals surface area contributed by atoms with Crippen LogP contribution in [0.4, 0.5) is 0 Å². The van der Waals surface area contributed by atoms with Crippen molar-refractivity contribution in [2.75, 3.05) is 0 Å². The van der Waals surface area contributed by atoms with Gasteiger partial charge < -0.3 is 10.2 Å². The molecule has 0 aliphatic carbocycles. The van der Waals surface area contributed by atoms with E-state index in [-0.39, 0.29) is 17.1 Å². The Bertz CT molecular complexity index is 941. The Morgan fingerprint density at radius 3 is 2.39 bits per heavy atom. The molecular weight excluding hydrogens is 316 g/mol. The smallest absolute Gasteiger partial charge is 0.266 e. The molecule has 2 N–H and O–H groups in total. The third-order valence-electron chi connectivity index (χ3n) is 3.49. The molecule has 0 fully saturated rings. The van der Waals surface area contributed by atoms with Gasteiger partial charge in [-0.3, -0.25) is 9.36 Å². The van der Waals surface area contributed by atoms with Gasteiger partial charge in [-0.15, -0.1) is 0 Å². The summed E-state index contributed by atoms with van der Waals surface area (Å²) in [6.07, 6.45) is 0. The molecule has 3 rings (SSSR count). The summed E-state index contributed by atoms with van der Waals surface area (Å²) in [5.41, 5.74) is -0.788. The van der Waals surface area contributed by atoms with E-state index in [2.05, 4.69) is 4.98 Å². The standard InChI is InChI=1S/C17H15ClN2O3/c1-17(2,23)16-19-14-9-12(21)7-8-13(14)15(22)20(16)11-5-3-10(18)4-6-11/h3-9,21,23H,1-2H3. The van der Waals surface area contributed by atoms with Gasteiger partial charge in [-0.05, 0) is 50.2 Å². The van der Waals surface area contributed by atoms with Gasteiger partial charge in [0.2, 0.25) is 0 Å². The van der Waals surface area contributed by atoms with Crippen molar-refractivity contribution in [2.45, 2.75) is 19.4 Å². The molecule has 5 nitrogen and oxygen atoms in total. The Morgan fingerprint density at radius 2 is 1.78 bits per heavy atom. The van der Waals surface area contributed by atoms with E-state index < -0.39 is 5.60 Å². The van der Waals surface area contributed by atoms with E-state index in [1.807, 2.05) is 0 Å². The molecule has 3 aromatic rings.